The number of carbonyl (C=O) groups is 1. The van der Waals surface area contributed by atoms with Crippen molar-refractivity contribution >= 4 is 23.4 Å². The van der Waals surface area contributed by atoms with Gasteiger partial charge in [-0.3, -0.25) is 4.79 Å². The first-order valence-electron chi connectivity index (χ1n) is 7.94. The van der Waals surface area contributed by atoms with Crippen LogP contribution in [0.5, 0.6) is 0 Å². The molecule has 5 nitrogen and oxygen atoms in total. The first-order chi connectivity index (χ1) is 13.3. The molecule has 0 bridgehead atoms. The highest BCUT2D eigenvalue weighted by atomic mass is 32.2. The van der Waals surface area contributed by atoms with Crippen molar-refractivity contribution in [1.29, 1.82) is 0 Å². The van der Waals surface area contributed by atoms with E-state index in [1.165, 1.54) is 42.1 Å². The monoisotopic (exact) mass is 411 g/mol. The molecule has 0 aliphatic rings. The smallest absolute Gasteiger partial charge is 0.338 e. The minimum atomic E-state index is -4.46. The molecule has 1 amide bonds. The Balaban J connectivity index is 1.54. The van der Waals surface area contributed by atoms with Crippen LogP contribution in [0.1, 0.15) is 11.5 Å². The zero-order valence-corrected chi connectivity index (χ0v) is 15.0. The van der Waals surface area contributed by atoms with Gasteiger partial charge in [0.1, 0.15) is 5.82 Å². The van der Waals surface area contributed by atoms with Crippen molar-refractivity contribution in [2.45, 2.75) is 11.9 Å². The van der Waals surface area contributed by atoms with Crippen molar-refractivity contribution in [1.82, 2.24) is 10.1 Å². The normalized spacial score (nSPS) is 11.4. The Morgan fingerprint density at radius 3 is 2.68 bits per heavy atom. The van der Waals surface area contributed by atoms with Gasteiger partial charge in [-0.25, -0.2) is 4.39 Å². The number of rotatable bonds is 6. The fourth-order valence-corrected chi connectivity index (χ4v) is 2.91. The van der Waals surface area contributed by atoms with Gasteiger partial charge >= 0.3 is 6.18 Å². The van der Waals surface area contributed by atoms with E-state index in [-0.39, 0.29) is 34.7 Å². The number of hydrogen-bond acceptors (Lipinski definition) is 5. The summed E-state index contributed by atoms with van der Waals surface area (Å²) in [6.45, 7) is 0. The van der Waals surface area contributed by atoms with Crippen LogP contribution in [0.3, 0.4) is 0 Å². The maximum atomic E-state index is 13.1. The predicted octanol–water partition coefficient (Wildman–Crippen LogP) is 4.77. The average Bonchev–Trinajstić information content (AvgIpc) is 3.10. The van der Waals surface area contributed by atoms with Gasteiger partial charge in [-0.05, 0) is 30.3 Å². The van der Waals surface area contributed by atoms with Crippen molar-refractivity contribution in [3.05, 3.63) is 65.8 Å². The molecule has 2 aromatic carbocycles. The summed E-state index contributed by atoms with van der Waals surface area (Å²) >= 11 is 1.17. The van der Waals surface area contributed by atoms with Crippen molar-refractivity contribution in [2.75, 3.05) is 11.1 Å². The second kappa shape index (κ2) is 8.42. The fraction of sp³-hybridized carbons (Fsp3) is 0.167. The number of hydrogen-bond donors (Lipinski definition) is 1. The van der Waals surface area contributed by atoms with Crippen LogP contribution in [0.25, 0.3) is 11.4 Å². The van der Waals surface area contributed by atoms with E-state index < -0.39 is 17.6 Å². The number of thioether (sulfide) groups is 1. The summed E-state index contributed by atoms with van der Waals surface area (Å²) in [7, 11) is 0. The number of anilines is 1. The summed E-state index contributed by atoms with van der Waals surface area (Å²) in [5.41, 5.74) is -0.284. The van der Waals surface area contributed by atoms with Crippen LogP contribution in [0.15, 0.2) is 53.1 Å². The molecule has 1 N–H and O–H groups in total. The van der Waals surface area contributed by atoms with Crippen LogP contribution in [0.2, 0.25) is 0 Å². The Bertz CT molecular complexity index is 975. The quantitative estimate of drug-likeness (QED) is 0.592. The molecule has 146 valence electrons. The number of nitrogens with one attached hydrogen (secondary N) is 1. The van der Waals surface area contributed by atoms with Gasteiger partial charge in [0.05, 0.1) is 17.1 Å². The highest BCUT2D eigenvalue weighted by molar-refractivity contribution is 7.99. The summed E-state index contributed by atoms with van der Waals surface area (Å²) < 4.78 is 56.4. The van der Waals surface area contributed by atoms with E-state index in [1.807, 2.05) is 0 Å². The molecule has 3 rings (SSSR count). The van der Waals surface area contributed by atoms with Crippen molar-refractivity contribution in [3.8, 4) is 11.4 Å². The summed E-state index contributed by atoms with van der Waals surface area (Å²) in [4.78, 5) is 15.9. The van der Waals surface area contributed by atoms with Crippen LogP contribution in [-0.4, -0.2) is 21.8 Å². The largest absolute Gasteiger partial charge is 0.416 e. The minimum Gasteiger partial charge on any atom is -0.338 e. The molecule has 0 radical (unpaired) electrons. The highest BCUT2D eigenvalue weighted by Gasteiger charge is 2.30. The summed E-state index contributed by atoms with van der Waals surface area (Å²) in [5, 5.41) is 6.22. The lowest BCUT2D eigenvalue weighted by atomic mass is 10.1. The Kier molecular flexibility index (Phi) is 5.98. The maximum absolute atomic E-state index is 13.1. The number of carbonyl (C=O) groups excluding carboxylic acids is 1. The molecule has 0 aliphatic carbocycles. The number of benzene rings is 2. The second-order valence-electron chi connectivity index (χ2n) is 5.64. The lowest BCUT2D eigenvalue weighted by molar-refractivity contribution is -0.137. The van der Waals surface area contributed by atoms with E-state index in [0.29, 0.717) is 5.69 Å². The van der Waals surface area contributed by atoms with Crippen LogP contribution < -0.4 is 5.32 Å². The molecule has 0 unspecified atom stereocenters. The zero-order valence-electron chi connectivity index (χ0n) is 14.2. The SMILES string of the molecule is O=C(CSCc1nc(-c2cccc(C(F)(F)F)c2)no1)Nc1cccc(F)c1. The van der Waals surface area contributed by atoms with Gasteiger partial charge in [0, 0.05) is 11.3 Å². The minimum absolute atomic E-state index is 0.0333. The van der Waals surface area contributed by atoms with Gasteiger partial charge in [0.2, 0.25) is 17.6 Å². The first-order valence-corrected chi connectivity index (χ1v) is 9.10. The molecule has 0 spiro atoms. The summed E-state index contributed by atoms with van der Waals surface area (Å²) in [5.74, 6) is -0.339. The van der Waals surface area contributed by atoms with E-state index in [9.17, 15) is 22.4 Å². The third-order valence-corrected chi connectivity index (χ3v) is 4.40. The zero-order chi connectivity index (χ0) is 20.1. The topological polar surface area (TPSA) is 68.0 Å². The van der Waals surface area contributed by atoms with Crippen LogP contribution >= 0.6 is 11.8 Å². The van der Waals surface area contributed by atoms with Crippen LogP contribution in [-0.2, 0) is 16.7 Å². The van der Waals surface area contributed by atoms with Gasteiger partial charge in [0.25, 0.3) is 0 Å². The number of amides is 1. The molecule has 0 fully saturated rings. The number of halogens is 4. The van der Waals surface area contributed by atoms with Gasteiger partial charge in [0.15, 0.2) is 0 Å². The van der Waals surface area contributed by atoms with Gasteiger partial charge in [-0.2, -0.15) is 18.2 Å². The Morgan fingerprint density at radius 1 is 1.14 bits per heavy atom. The van der Waals surface area contributed by atoms with E-state index in [0.717, 1.165) is 12.1 Å². The molecule has 0 aliphatic heterocycles. The molecule has 0 atom stereocenters. The molecule has 28 heavy (non-hydrogen) atoms. The fourth-order valence-electron chi connectivity index (χ4n) is 2.26. The highest BCUT2D eigenvalue weighted by Crippen LogP contribution is 2.31. The molecule has 0 saturated heterocycles. The number of nitrogens with zero attached hydrogens (tertiary/aromatic N) is 2. The Morgan fingerprint density at radius 2 is 1.93 bits per heavy atom. The van der Waals surface area contributed by atoms with Crippen molar-refractivity contribution in [3.63, 3.8) is 0 Å². The third-order valence-electron chi connectivity index (χ3n) is 3.48. The third kappa shape index (κ3) is 5.32. The average molecular weight is 411 g/mol. The van der Waals surface area contributed by atoms with E-state index in [2.05, 4.69) is 15.5 Å². The Labute approximate surface area is 161 Å². The predicted molar refractivity (Wildman–Crippen MR) is 95.9 cm³/mol. The molecule has 1 aromatic heterocycles. The van der Waals surface area contributed by atoms with Gasteiger partial charge in [-0.15, -0.1) is 11.8 Å². The molecule has 0 saturated carbocycles. The molecule has 1 heterocycles. The number of aromatic nitrogens is 2. The van der Waals surface area contributed by atoms with Gasteiger partial charge < -0.3 is 9.84 Å². The van der Waals surface area contributed by atoms with Crippen molar-refractivity contribution < 1.29 is 26.9 Å². The maximum Gasteiger partial charge on any atom is 0.416 e. The van der Waals surface area contributed by atoms with E-state index in [4.69, 9.17) is 4.52 Å². The molecular weight excluding hydrogens is 398 g/mol. The molecule has 10 heteroatoms. The standard InChI is InChI=1S/C18H13F4N3O2S/c19-13-5-2-6-14(8-13)23-15(26)9-28-10-16-24-17(25-27-16)11-3-1-4-12(7-11)18(20,21)22/h1-8H,9-10H2,(H,23,26). The molecular formula is C18H13F4N3O2S. The summed E-state index contributed by atoms with van der Waals surface area (Å²) in [6, 6.07) is 10.1. The first kappa shape index (κ1) is 19.9. The van der Waals surface area contributed by atoms with E-state index >= 15 is 0 Å². The number of alkyl halides is 3. The van der Waals surface area contributed by atoms with Crippen LogP contribution in [0.4, 0.5) is 23.2 Å². The lowest BCUT2D eigenvalue weighted by Gasteiger charge is -2.06. The van der Waals surface area contributed by atoms with Gasteiger partial charge in [-0.1, -0.05) is 23.4 Å². The lowest BCUT2D eigenvalue weighted by Crippen LogP contribution is -2.14. The summed E-state index contributed by atoms with van der Waals surface area (Å²) in [6.07, 6.45) is -4.46. The van der Waals surface area contributed by atoms with Crippen LogP contribution in [0, 0.1) is 5.82 Å². The van der Waals surface area contributed by atoms with Crippen molar-refractivity contribution in [2.24, 2.45) is 0 Å². The Hall–Kier alpha value is -2.88. The molecule has 3 aromatic rings. The van der Waals surface area contributed by atoms with E-state index in [1.54, 1.807) is 6.07 Å². The second-order valence-corrected chi connectivity index (χ2v) is 6.63.